The van der Waals surface area contributed by atoms with Crippen LogP contribution in [-0.4, -0.2) is 4.98 Å². The molecule has 4 rings (SSSR count). The summed E-state index contributed by atoms with van der Waals surface area (Å²) in [5.41, 5.74) is 0.271. The monoisotopic (exact) mass is 423 g/mol. The summed E-state index contributed by atoms with van der Waals surface area (Å²) in [6, 6.07) is 26.6. The number of aromatic nitrogens is 1. The van der Waals surface area contributed by atoms with Gasteiger partial charge in [-0.2, -0.15) is 13.2 Å². The molecule has 0 N–H and O–H groups in total. The summed E-state index contributed by atoms with van der Waals surface area (Å²) in [4.78, 5) is 4.30. The third-order valence-corrected chi connectivity index (χ3v) is 7.91. The zero-order chi connectivity index (χ0) is 21.2. The van der Waals surface area contributed by atoms with Gasteiger partial charge >= 0.3 is 6.18 Å². The number of hydrogen-bond donors (Lipinski definition) is 0. The quantitative estimate of drug-likeness (QED) is 0.411. The van der Waals surface area contributed by atoms with Gasteiger partial charge in [0.15, 0.2) is 7.14 Å². The standard InChI is InChI=1S/C24H17F3NOP/c25-24(26,27)19-13-11-18(12-14-19)23-17-22(15-16-28-23)30(29,20-7-3-1-4-8-20)21-9-5-2-6-10-21/h1-17H. The second kappa shape index (κ2) is 7.92. The van der Waals surface area contributed by atoms with Crippen molar-refractivity contribution < 1.29 is 17.7 Å². The minimum atomic E-state index is -4.40. The SMILES string of the molecule is O=P(c1ccccc1)(c1ccccc1)c1ccnc(-c2ccc(C(F)(F)F)cc2)c1. The number of pyridine rings is 1. The minimum absolute atomic E-state index is 0.466. The molecule has 0 bridgehead atoms. The maximum absolute atomic E-state index is 14.4. The van der Waals surface area contributed by atoms with Crippen molar-refractivity contribution >= 4 is 23.1 Å². The lowest BCUT2D eigenvalue weighted by molar-refractivity contribution is -0.137. The summed E-state index contributed by atoms with van der Waals surface area (Å²) in [6.07, 6.45) is -2.86. The first kappa shape index (κ1) is 20.1. The molecule has 0 spiro atoms. The van der Waals surface area contributed by atoms with Crippen LogP contribution in [0.15, 0.2) is 103 Å². The van der Waals surface area contributed by atoms with Crippen LogP contribution in [0, 0.1) is 0 Å². The summed E-state index contributed by atoms with van der Waals surface area (Å²) in [7, 11) is -3.18. The van der Waals surface area contributed by atoms with Crippen LogP contribution in [0.4, 0.5) is 13.2 Å². The Labute approximate surface area is 172 Å². The fourth-order valence-corrected chi connectivity index (χ4v) is 5.99. The van der Waals surface area contributed by atoms with E-state index in [-0.39, 0.29) is 0 Å². The van der Waals surface area contributed by atoms with Gasteiger partial charge in [0.25, 0.3) is 0 Å². The molecule has 0 aliphatic rings. The largest absolute Gasteiger partial charge is 0.416 e. The molecule has 1 heterocycles. The van der Waals surface area contributed by atoms with Gasteiger partial charge in [0, 0.05) is 27.7 Å². The van der Waals surface area contributed by atoms with Gasteiger partial charge in [-0.3, -0.25) is 4.98 Å². The summed E-state index contributed by atoms with van der Waals surface area (Å²) in [5.74, 6) is 0. The van der Waals surface area contributed by atoms with Crippen LogP contribution >= 0.6 is 7.14 Å². The molecule has 3 aromatic carbocycles. The maximum Gasteiger partial charge on any atom is 0.416 e. The zero-order valence-corrected chi connectivity index (χ0v) is 16.6. The van der Waals surface area contributed by atoms with Crippen LogP contribution in [0.25, 0.3) is 11.3 Å². The van der Waals surface area contributed by atoms with E-state index in [0.717, 1.165) is 12.1 Å². The smallest absolute Gasteiger partial charge is 0.309 e. The fourth-order valence-electron chi connectivity index (χ4n) is 3.33. The van der Waals surface area contributed by atoms with Gasteiger partial charge in [-0.1, -0.05) is 72.8 Å². The lowest BCUT2D eigenvalue weighted by Crippen LogP contribution is -2.25. The highest BCUT2D eigenvalue weighted by atomic mass is 31.2. The van der Waals surface area contributed by atoms with Crippen molar-refractivity contribution in [3.8, 4) is 11.3 Å². The van der Waals surface area contributed by atoms with Gasteiger partial charge in [0.05, 0.1) is 11.3 Å². The van der Waals surface area contributed by atoms with Crippen LogP contribution in [-0.2, 0) is 10.7 Å². The second-order valence-corrected chi connectivity index (χ2v) is 9.52. The van der Waals surface area contributed by atoms with Crippen LogP contribution in [0.3, 0.4) is 0 Å². The second-order valence-electron chi connectivity index (χ2n) is 6.75. The Bertz CT molecular complexity index is 1150. The molecule has 0 saturated carbocycles. The van der Waals surface area contributed by atoms with Gasteiger partial charge < -0.3 is 4.57 Å². The predicted octanol–water partition coefficient (Wildman–Crippen LogP) is 5.41. The molecule has 0 aliphatic carbocycles. The Hall–Kier alpha value is -3.17. The van der Waals surface area contributed by atoms with E-state index in [9.17, 15) is 17.7 Å². The van der Waals surface area contributed by atoms with Crippen molar-refractivity contribution in [1.82, 2.24) is 4.98 Å². The summed E-state index contributed by atoms with van der Waals surface area (Å²) in [5, 5.41) is 1.94. The zero-order valence-electron chi connectivity index (χ0n) is 15.8. The molecule has 150 valence electrons. The minimum Gasteiger partial charge on any atom is -0.309 e. The Kier molecular flexibility index (Phi) is 5.31. The van der Waals surface area contributed by atoms with Crippen LogP contribution in [0.1, 0.15) is 5.56 Å². The molecule has 0 saturated heterocycles. The average molecular weight is 423 g/mol. The maximum atomic E-state index is 14.4. The van der Waals surface area contributed by atoms with Crippen molar-refractivity contribution in [3.05, 3.63) is 109 Å². The van der Waals surface area contributed by atoms with E-state index in [2.05, 4.69) is 4.98 Å². The lowest BCUT2D eigenvalue weighted by Gasteiger charge is -2.20. The van der Waals surface area contributed by atoms with Crippen LogP contribution < -0.4 is 15.9 Å². The molecule has 0 atom stereocenters. The fraction of sp³-hybridized carbons (Fsp3) is 0.0417. The molecule has 0 amide bonds. The third kappa shape index (κ3) is 3.81. The van der Waals surface area contributed by atoms with Gasteiger partial charge in [0.2, 0.25) is 0 Å². The van der Waals surface area contributed by atoms with Crippen molar-refractivity contribution in [2.45, 2.75) is 6.18 Å². The van der Waals surface area contributed by atoms with Crippen molar-refractivity contribution in [3.63, 3.8) is 0 Å². The molecular formula is C24H17F3NOP. The molecule has 4 aromatic rings. The molecule has 0 fully saturated rings. The number of alkyl halides is 3. The van der Waals surface area contributed by atoms with Gasteiger partial charge in [-0.05, 0) is 24.3 Å². The van der Waals surface area contributed by atoms with Gasteiger partial charge in [-0.15, -0.1) is 0 Å². The molecule has 6 heteroatoms. The molecule has 1 aromatic heterocycles. The highest BCUT2D eigenvalue weighted by Crippen LogP contribution is 2.42. The number of benzene rings is 3. The van der Waals surface area contributed by atoms with Crippen molar-refractivity contribution in [2.75, 3.05) is 0 Å². The van der Waals surface area contributed by atoms with Crippen LogP contribution in [0.2, 0.25) is 0 Å². The Balaban J connectivity index is 1.84. The first-order valence-electron chi connectivity index (χ1n) is 9.24. The predicted molar refractivity (Wildman–Crippen MR) is 114 cm³/mol. The molecule has 30 heavy (non-hydrogen) atoms. The van der Waals surface area contributed by atoms with E-state index in [0.29, 0.717) is 27.2 Å². The molecule has 0 radical (unpaired) electrons. The molecule has 0 aliphatic heterocycles. The lowest BCUT2D eigenvalue weighted by atomic mass is 10.1. The third-order valence-electron chi connectivity index (χ3n) is 4.85. The molecule has 2 nitrogen and oxygen atoms in total. The van der Waals surface area contributed by atoms with Gasteiger partial charge in [-0.25, -0.2) is 0 Å². The number of nitrogens with zero attached hydrogens (tertiary/aromatic N) is 1. The Morgan fingerprint density at radius 1 is 0.667 bits per heavy atom. The first-order valence-corrected chi connectivity index (χ1v) is 11.0. The van der Waals surface area contributed by atoms with Crippen LogP contribution in [0.5, 0.6) is 0 Å². The summed E-state index contributed by atoms with van der Waals surface area (Å²) in [6.45, 7) is 0. The Morgan fingerprint density at radius 2 is 1.20 bits per heavy atom. The summed E-state index contributed by atoms with van der Waals surface area (Å²) >= 11 is 0. The molecular weight excluding hydrogens is 406 g/mol. The van der Waals surface area contributed by atoms with E-state index >= 15 is 0 Å². The van der Waals surface area contributed by atoms with E-state index in [1.54, 1.807) is 18.3 Å². The number of hydrogen-bond acceptors (Lipinski definition) is 2. The normalized spacial score (nSPS) is 12.0. The highest BCUT2D eigenvalue weighted by Gasteiger charge is 2.31. The highest BCUT2D eigenvalue weighted by molar-refractivity contribution is 7.85. The van der Waals surface area contributed by atoms with E-state index in [1.165, 1.54) is 12.1 Å². The Morgan fingerprint density at radius 3 is 1.70 bits per heavy atom. The number of halogens is 3. The van der Waals surface area contributed by atoms with E-state index in [1.807, 2.05) is 60.7 Å². The van der Waals surface area contributed by atoms with E-state index in [4.69, 9.17) is 0 Å². The number of rotatable bonds is 4. The van der Waals surface area contributed by atoms with Crippen molar-refractivity contribution in [1.29, 1.82) is 0 Å². The first-order chi connectivity index (χ1) is 14.4. The summed E-state index contributed by atoms with van der Waals surface area (Å²) < 4.78 is 53.0. The van der Waals surface area contributed by atoms with Gasteiger partial charge in [0.1, 0.15) is 0 Å². The topological polar surface area (TPSA) is 30.0 Å². The average Bonchev–Trinajstić information content (AvgIpc) is 2.79. The van der Waals surface area contributed by atoms with Crippen molar-refractivity contribution in [2.24, 2.45) is 0 Å². The van der Waals surface area contributed by atoms with E-state index < -0.39 is 18.9 Å². The molecule has 0 unspecified atom stereocenters.